The Morgan fingerprint density at radius 3 is 2.64 bits per heavy atom. The number of primary amides is 1. The molecule has 1 heterocycles. The van der Waals surface area contributed by atoms with Crippen molar-refractivity contribution in [3.63, 3.8) is 0 Å². The highest BCUT2D eigenvalue weighted by Crippen LogP contribution is 2.28. The largest absolute Gasteiger partial charge is 0.494 e. The number of nitrogens with zero attached hydrogens (tertiary/aromatic N) is 1. The number of benzene rings is 1. The summed E-state index contributed by atoms with van der Waals surface area (Å²) in [5.41, 5.74) is 6.68. The fraction of sp³-hybridized carbons (Fsp3) is 0.474. The number of ether oxygens (including phenoxy) is 1. The molecule has 0 atom stereocenters. The van der Waals surface area contributed by atoms with E-state index in [4.69, 9.17) is 14.9 Å². The number of rotatable bonds is 7. The zero-order chi connectivity index (χ0) is 17.7. The lowest BCUT2D eigenvalue weighted by Crippen LogP contribution is -2.56. The molecule has 0 saturated heterocycles. The fourth-order valence-electron chi connectivity index (χ4n) is 3.31. The number of carbonyl (C=O) groups is 1. The Morgan fingerprint density at radius 2 is 2.00 bits per heavy atom. The number of oxazole rings is 1. The smallest absolute Gasteiger partial charge is 0.237 e. The SMILES string of the molecule is CCOc1ccc(-c2nc(CNC3(C(N)=O)CCCCC3)co2)cc1. The van der Waals surface area contributed by atoms with Gasteiger partial charge in [-0.05, 0) is 44.0 Å². The van der Waals surface area contributed by atoms with E-state index in [1.54, 1.807) is 6.26 Å². The average Bonchev–Trinajstić information content (AvgIpc) is 3.11. The van der Waals surface area contributed by atoms with Crippen molar-refractivity contribution >= 4 is 5.91 Å². The number of nitrogens with one attached hydrogen (secondary N) is 1. The highest BCUT2D eigenvalue weighted by Gasteiger charge is 2.37. The lowest BCUT2D eigenvalue weighted by atomic mass is 9.81. The van der Waals surface area contributed by atoms with Gasteiger partial charge in [-0.3, -0.25) is 10.1 Å². The van der Waals surface area contributed by atoms with Crippen molar-refractivity contribution in [1.82, 2.24) is 10.3 Å². The van der Waals surface area contributed by atoms with Crippen LogP contribution in [0.15, 0.2) is 34.9 Å². The first kappa shape index (κ1) is 17.5. The zero-order valence-corrected chi connectivity index (χ0v) is 14.6. The minimum Gasteiger partial charge on any atom is -0.494 e. The second-order valence-electron chi connectivity index (χ2n) is 6.46. The predicted molar refractivity (Wildman–Crippen MR) is 95.0 cm³/mol. The molecule has 1 aliphatic carbocycles. The summed E-state index contributed by atoms with van der Waals surface area (Å²) >= 11 is 0. The molecule has 134 valence electrons. The summed E-state index contributed by atoms with van der Waals surface area (Å²) in [5, 5.41) is 3.32. The summed E-state index contributed by atoms with van der Waals surface area (Å²) in [4.78, 5) is 16.4. The number of carbonyl (C=O) groups excluding carboxylic acids is 1. The molecule has 3 N–H and O–H groups in total. The highest BCUT2D eigenvalue weighted by molar-refractivity contribution is 5.84. The average molecular weight is 343 g/mol. The van der Waals surface area contributed by atoms with Crippen LogP contribution in [-0.2, 0) is 11.3 Å². The molecule has 6 heteroatoms. The first-order valence-electron chi connectivity index (χ1n) is 8.85. The van der Waals surface area contributed by atoms with Crippen LogP contribution in [0.4, 0.5) is 0 Å². The fourth-order valence-corrected chi connectivity index (χ4v) is 3.31. The Bertz CT molecular complexity index is 703. The van der Waals surface area contributed by atoms with E-state index in [2.05, 4.69) is 10.3 Å². The minimum absolute atomic E-state index is 0.276. The monoisotopic (exact) mass is 343 g/mol. The van der Waals surface area contributed by atoms with Crippen molar-refractivity contribution in [2.75, 3.05) is 6.61 Å². The van der Waals surface area contributed by atoms with E-state index in [9.17, 15) is 4.79 Å². The van der Waals surface area contributed by atoms with Crippen molar-refractivity contribution in [1.29, 1.82) is 0 Å². The Hall–Kier alpha value is -2.34. The summed E-state index contributed by atoms with van der Waals surface area (Å²) in [6.45, 7) is 3.05. The number of hydrogen-bond acceptors (Lipinski definition) is 5. The first-order valence-corrected chi connectivity index (χ1v) is 8.85. The number of nitrogens with two attached hydrogens (primary N) is 1. The van der Waals surface area contributed by atoms with E-state index in [0.29, 0.717) is 19.0 Å². The highest BCUT2D eigenvalue weighted by atomic mass is 16.5. The van der Waals surface area contributed by atoms with E-state index >= 15 is 0 Å². The molecule has 0 radical (unpaired) electrons. The van der Waals surface area contributed by atoms with Crippen molar-refractivity contribution < 1.29 is 13.9 Å². The molecule has 1 aromatic heterocycles. The molecule has 0 bridgehead atoms. The zero-order valence-electron chi connectivity index (χ0n) is 14.6. The van der Waals surface area contributed by atoms with Gasteiger partial charge in [-0.1, -0.05) is 19.3 Å². The van der Waals surface area contributed by atoms with Gasteiger partial charge in [0.1, 0.15) is 12.0 Å². The van der Waals surface area contributed by atoms with Crippen LogP contribution in [0.25, 0.3) is 11.5 Å². The second kappa shape index (κ2) is 7.70. The summed E-state index contributed by atoms with van der Waals surface area (Å²) in [5.74, 6) is 1.10. The van der Waals surface area contributed by atoms with E-state index in [-0.39, 0.29) is 5.91 Å². The number of aromatic nitrogens is 1. The summed E-state index contributed by atoms with van der Waals surface area (Å²) in [6, 6.07) is 7.62. The second-order valence-corrected chi connectivity index (χ2v) is 6.46. The van der Waals surface area contributed by atoms with Crippen LogP contribution in [0.5, 0.6) is 5.75 Å². The van der Waals surface area contributed by atoms with Crippen LogP contribution in [-0.4, -0.2) is 23.0 Å². The van der Waals surface area contributed by atoms with Gasteiger partial charge in [0.2, 0.25) is 11.8 Å². The molecule has 1 fully saturated rings. The maximum absolute atomic E-state index is 11.9. The molecule has 0 spiro atoms. The molecule has 0 unspecified atom stereocenters. The number of amides is 1. The third-order valence-corrected chi connectivity index (χ3v) is 4.75. The molecule has 1 amide bonds. The van der Waals surface area contributed by atoms with Gasteiger partial charge in [0.05, 0.1) is 17.8 Å². The van der Waals surface area contributed by atoms with Crippen LogP contribution >= 0.6 is 0 Å². The topological polar surface area (TPSA) is 90.4 Å². The molecule has 2 aromatic rings. The molecule has 1 saturated carbocycles. The first-order chi connectivity index (χ1) is 12.1. The third-order valence-electron chi connectivity index (χ3n) is 4.75. The number of hydrogen-bond donors (Lipinski definition) is 2. The van der Waals surface area contributed by atoms with Crippen molar-refractivity contribution in [2.24, 2.45) is 5.73 Å². The van der Waals surface area contributed by atoms with Crippen LogP contribution in [0.1, 0.15) is 44.7 Å². The Labute approximate surface area is 147 Å². The maximum atomic E-state index is 11.9. The molecule has 0 aliphatic heterocycles. The van der Waals surface area contributed by atoms with E-state index in [1.165, 1.54) is 0 Å². The normalized spacial score (nSPS) is 16.5. The van der Waals surface area contributed by atoms with Crippen LogP contribution in [0, 0.1) is 0 Å². The van der Waals surface area contributed by atoms with Crippen molar-refractivity contribution in [2.45, 2.75) is 51.1 Å². The Morgan fingerprint density at radius 1 is 1.28 bits per heavy atom. The quantitative estimate of drug-likeness (QED) is 0.806. The molecular formula is C19H25N3O3. The maximum Gasteiger partial charge on any atom is 0.237 e. The molecule has 1 aliphatic rings. The van der Waals surface area contributed by atoms with Crippen LogP contribution in [0.3, 0.4) is 0 Å². The summed E-state index contributed by atoms with van der Waals surface area (Å²) in [6.07, 6.45) is 6.38. The van der Waals surface area contributed by atoms with Crippen LogP contribution in [0.2, 0.25) is 0 Å². The summed E-state index contributed by atoms with van der Waals surface area (Å²) < 4.78 is 11.0. The van der Waals surface area contributed by atoms with Gasteiger partial charge >= 0.3 is 0 Å². The molecule has 1 aromatic carbocycles. The summed E-state index contributed by atoms with van der Waals surface area (Å²) in [7, 11) is 0. The molecular weight excluding hydrogens is 318 g/mol. The lowest BCUT2D eigenvalue weighted by molar-refractivity contribution is -0.125. The Balaban J connectivity index is 1.66. The molecule has 3 rings (SSSR count). The van der Waals surface area contributed by atoms with Crippen LogP contribution < -0.4 is 15.8 Å². The van der Waals surface area contributed by atoms with Gasteiger partial charge in [-0.25, -0.2) is 4.98 Å². The van der Waals surface area contributed by atoms with Gasteiger partial charge in [-0.2, -0.15) is 0 Å². The van der Waals surface area contributed by atoms with Gasteiger partial charge in [0, 0.05) is 12.1 Å². The lowest BCUT2D eigenvalue weighted by Gasteiger charge is -2.35. The van der Waals surface area contributed by atoms with E-state index < -0.39 is 5.54 Å². The molecule has 6 nitrogen and oxygen atoms in total. The van der Waals surface area contributed by atoms with Gasteiger partial charge in [-0.15, -0.1) is 0 Å². The standard InChI is InChI=1S/C19H25N3O3/c1-2-24-16-8-6-14(7-9-16)17-22-15(13-25-17)12-21-19(18(20)23)10-4-3-5-11-19/h6-9,13,21H,2-5,10-12H2,1H3,(H2,20,23). The van der Waals surface area contributed by atoms with Crippen molar-refractivity contribution in [3.05, 3.63) is 36.2 Å². The predicted octanol–water partition coefficient (Wildman–Crippen LogP) is 3.02. The van der Waals surface area contributed by atoms with Gasteiger partial charge in [0.15, 0.2) is 0 Å². The van der Waals surface area contributed by atoms with Gasteiger partial charge < -0.3 is 14.9 Å². The van der Waals surface area contributed by atoms with Gasteiger partial charge in [0.25, 0.3) is 0 Å². The third kappa shape index (κ3) is 4.02. The molecule has 25 heavy (non-hydrogen) atoms. The Kier molecular flexibility index (Phi) is 5.38. The van der Waals surface area contributed by atoms with E-state index in [0.717, 1.165) is 49.1 Å². The van der Waals surface area contributed by atoms with E-state index in [1.807, 2.05) is 31.2 Å². The van der Waals surface area contributed by atoms with Crippen molar-refractivity contribution in [3.8, 4) is 17.2 Å². The minimum atomic E-state index is -0.615.